The van der Waals surface area contributed by atoms with E-state index in [1.54, 1.807) is 6.07 Å². The van der Waals surface area contributed by atoms with E-state index in [2.05, 4.69) is 19.6 Å². The molecule has 0 amide bonds. The average Bonchev–Trinajstić information content (AvgIpc) is 2.31. The van der Waals surface area contributed by atoms with Crippen molar-refractivity contribution < 1.29 is 9.53 Å². The molecule has 0 aliphatic carbocycles. The van der Waals surface area contributed by atoms with Crippen molar-refractivity contribution in [2.75, 3.05) is 0 Å². The number of rotatable bonds is 5. The first-order chi connectivity index (χ1) is 7.77. The minimum Gasteiger partial charge on any atom is -0.423 e. The van der Waals surface area contributed by atoms with Gasteiger partial charge in [0.05, 0.1) is 0 Å². The van der Waals surface area contributed by atoms with Gasteiger partial charge in [-0.05, 0) is 12.5 Å². The standard InChI is InChI=1S/C14H16O2/c1-3-5-6-9-12-10-7-8-11-13(12)16-14(15)4-2/h4,6-11H,2-3,5H2,1H3/b9-6+. The van der Waals surface area contributed by atoms with Crippen molar-refractivity contribution in [1.29, 1.82) is 0 Å². The first kappa shape index (κ1) is 12.2. The molecule has 2 heteroatoms. The lowest BCUT2D eigenvalue weighted by molar-refractivity contribution is -0.128. The molecule has 0 saturated heterocycles. The Hall–Kier alpha value is -1.83. The molecule has 1 aromatic carbocycles. The average molecular weight is 216 g/mol. The van der Waals surface area contributed by atoms with Crippen LogP contribution in [0.2, 0.25) is 0 Å². The van der Waals surface area contributed by atoms with E-state index in [9.17, 15) is 4.79 Å². The molecule has 0 radical (unpaired) electrons. The van der Waals surface area contributed by atoms with Crippen LogP contribution in [-0.2, 0) is 4.79 Å². The van der Waals surface area contributed by atoms with Crippen LogP contribution >= 0.6 is 0 Å². The van der Waals surface area contributed by atoms with Gasteiger partial charge in [0.2, 0.25) is 0 Å². The van der Waals surface area contributed by atoms with Crippen LogP contribution in [0.5, 0.6) is 5.75 Å². The Morgan fingerprint density at radius 2 is 2.19 bits per heavy atom. The van der Waals surface area contributed by atoms with Gasteiger partial charge in [0.25, 0.3) is 0 Å². The van der Waals surface area contributed by atoms with Gasteiger partial charge in [0, 0.05) is 11.6 Å². The molecular weight excluding hydrogens is 200 g/mol. The Labute approximate surface area is 96.2 Å². The molecule has 0 fully saturated rings. The second-order valence-corrected chi connectivity index (χ2v) is 3.35. The minimum absolute atomic E-state index is 0.434. The third-order valence-corrected chi connectivity index (χ3v) is 2.05. The molecule has 2 nitrogen and oxygen atoms in total. The molecule has 84 valence electrons. The first-order valence-corrected chi connectivity index (χ1v) is 5.37. The lowest BCUT2D eigenvalue weighted by Crippen LogP contribution is -2.03. The van der Waals surface area contributed by atoms with Crippen molar-refractivity contribution in [3.05, 3.63) is 48.6 Å². The molecule has 0 unspecified atom stereocenters. The summed E-state index contributed by atoms with van der Waals surface area (Å²) < 4.78 is 5.12. The van der Waals surface area contributed by atoms with Crippen molar-refractivity contribution >= 4 is 12.0 Å². The van der Waals surface area contributed by atoms with Gasteiger partial charge < -0.3 is 4.74 Å². The summed E-state index contributed by atoms with van der Waals surface area (Å²) in [6.07, 6.45) is 7.32. The fourth-order valence-corrected chi connectivity index (χ4v) is 1.24. The van der Waals surface area contributed by atoms with Crippen LogP contribution in [0.3, 0.4) is 0 Å². The van der Waals surface area contributed by atoms with E-state index >= 15 is 0 Å². The van der Waals surface area contributed by atoms with Gasteiger partial charge in [-0.2, -0.15) is 0 Å². The summed E-state index contributed by atoms with van der Waals surface area (Å²) in [4.78, 5) is 11.1. The number of carbonyl (C=O) groups is 1. The van der Waals surface area contributed by atoms with Gasteiger partial charge in [-0.1, -0.05) is 50.3 Å². The molecule has 0 atom stereocenters. The second-order valence-electron chi connectivity index (χ2n) is 3.35. The Kier molecular flexibility index (Phi) is 5.06. The monoisotopic (exact) mass is 216 g/mol. The number of benzene rings is 1. The fraction of sp³-hybridized carbons (Fsp3) is 0.214. The van der Waals surface area contributed by atoms with Gasteiger partial charge >= 0.3 is 5.97 Å². The van der Waals surface area contributed by atoms with Gasteiger partial charge in [-0.15, -0.1) is 0 Å². The summed E-state index contributed by atoms with van der Waals surface area (Å²) in [5.41, 5.74) is 0.908. The summed E-state index contributed by atoms with van der Waals surface area (Å²) in [5, 5.41) is 0. The molecule has 0 aromatic heterocycles. The third kappa shape index (κ3) is 3.73. The van der Waals surface area contributed by atoms with Crippen molar-refractivity contribution in [1.82, 2.24) is 0 Å². The molecule has 0 aliphatic heterocycles. The number of para-hydroxylation sites is 1. The number of ether oxygens (including phenoxy) is 1. The van der Waals surface area contributed by atoms with Crippen molar-refractivity contribution in [2.45, 2.75) is 19.8 Å². The molecule has 16 heavy (non-hydrogen) atoms. The third-order valence-electron chi connectivity index (χ3n) is 2.05. The van der Waals surface area contributed by atoms with Crippen LogP contribution in [-0.4, -0.2) is 5.97 Å². The summed E-state index contributed by atoms with van der Waals surface area (Å²) >= 11 is 0. The minimum atomic E-state index is -0.434. The molecule has 0 saturated carbocycles. The molecular formula is C14H16O2. The molecule has 1 rings (SSSR count). The highest BCUT2D eigenvalue weighted by Gasteiger charge is 2.02. The molecule has 1 aromatic rings. The van der Waals surface area contributed by atoms with Crippen LogP contribution in [0.4, 0.5) is 0 Å². The highest BCUT2D eigenvalue weighted by atomic mass is 16.5. The van der Waals surface area contributed by atoms with Gasteiger partial charge in [0.15, 0.2) is 0 Å². The van der Waals surface area contributed by atoms with Crippen LogP contribution in [0.15, 0.2) is 43.0 Å². The largest absolute Gasteiger partial charge is 0.423 e. The fourth-order valence-electron chi connectivity index (χ4n) is 1.24. The van der Waals surface area contributed by atoms with E-state index in [0.29, 0.717) is 5.75 Å². The maximum atomic E-state index is 11.1. The zero-order chi connectivity index (χ0) is 11.8. The van der Waals surface area contributed by atoms with Crippen LogP contribution in [0.1, 0.15) is 25.3 Å². The SMILES string of the molecule is C=CC(=O)Oc1ccccc1/C=C/CCC. The van der Waals surface area contributed by atoms with E-state index in [0.717, 1.165) is 24.5 Å². The predicted octanol–water partition coefficient (Wildman–Crippen LogP) is 3.59. The van der Waals surface area contributed by atoms with Crippen LogP contribution in [0.25, 0.3) is 6.08 Å². The van der Waals surface area contributed by atoms with Crippen LogP contribution < -0.4 is 4.74 Å². The van der Waals surface area contributed by atoms with Crippen molar-refractivity contribution in [2.24, 2.45) is 0 Å². The lowest BCUT2D eigenvalue weighted by Gasteiger charge is -2.04. The van der Waals surface area contributed by atoms with E-state index in [1.807, 2.05) is 24.3 Å². The predicted molar refractivity (Wildman–Crippen MR) is 66.2 cm³/mol. The van der Waals surface area contributed by atoms with E-state index in [1.165, 1.54) is 0 Å². The maximum Gasteiger partial charge on any atom is 0.335 e. The maximum absolute atomic E-state index is 11.1. The summed E-state index contributed by atoms with van der Waals surface area (Å²) in [5.74, 6) is 0.135. The molecule has 0 N–H and O–H groups in total. The molecule has 0 heterocycles. The zero-order valence-corrected chi connectivity index (χ0v) is 9.48. The number of hydrogen-bond acceptors (Lipinski definition) is 2. The van der Waals surface area contributed by atoms with Crippen molar-refractivity contribution in [3.63, 3.8) is 0 Å². The Morgan fingerprint density at radius 3 is 2.88 bits per heavy atom. The molecule has 0 bridgehead atoms. The highest BCUT2D eigenvalue weighted by Crippen LogP contribution is 2.20. The van der Waals surface area contributed by atoms with E-state index in [4.69, 9.17) is 4.74 Å². The summed E-state index contributed by atoms with van der Waals surface area (Å²) in [6.45, 7) is 5.49. The van der Waals surface area contributed by atoms with Gasteiger partial charge in [-0.3, -0.25) is 0 Å². The lowest BCUT2D eigenvalue weighted by atomic mass is 10.1. The number of unbranched alkanes of at least 4 members (excludes halogenated alkanes) is 1. The summed E-state index contributed by atoms with van der Waals surface area (Å²) in [7, 11) is 0. The molecule has 0 aliphatic rings. The number of hydrogen-bond donors (Lipinski definition) is 0. The van der Waals surface area contributed by atoms with Gasteiger partial charge in [0.1, 0.15) is 5.75 Å². The number of allylic oxidation sites excluding steroid dienone is 1. The molecule has 0 spiro atoms. The smallest absolute Gasteiger partial charge is 0.335 e. The van der Waals surface area contributed by atoms with E-state index in [-0.39, 0.29) is 0 Å². The second kappa shape index (κ2) is 6.62. The Bertz CT molecular complexity index is 391. The normalized spacial score (nSPS) is 10.3. The zero-order valence-electron chi connectivity index (χ0n) is 9.48. The Balaban J connectivity index is 2.82. The van der Waals surface area contributed by atoms with Gasteiger partial charge in [-0.25, -0.2) is 4.79 Å². The Morgan fingerprint density at radius 1 is 1.44 bits per heavy atom. The van der Waals surface area contributed by atoms with E-state index < -0.39 is 5.97 Å². The highest BCUT2D eigenvalue weighted by molar-refractivity contribution is 5.84. The quantitative estimate of drug-likeness (QED) is 0.427. The topological polar surface area (TPSA) is 26.3 Å². The van der Waals surface area contributed by atoms with Crippen LogP contribution in [0, 0.1) is 0 Å². The number of carbonyl (C=O) groups excluding carboxylic acids is 1. The number of esters is 1. The first-order valence-electron chi connectivity index (χ1n) is 5.37. The summed E-state index contributed by atoms with van der Waals surface area (Å²) in [6, 6.07) is 7.44. The van der Waals surface area contributed by atoms with Crippen molar-refractivity contribution in [3.8, 4) is 5.75 Å².